The van der Waals surface area contributed by atoms with Crippen LogP contribution in [0.1, 0.15) is 28.7 Å². The lowest BCUT2D eigenvalue weighted by molar-refractivity contribution is -0.123. The molecule has 1 aromatic heterocycles. The molecule has 0 aliphatic rings. The van der Waals surface area contributed by atoms with Gasteiger partial charge in [0, 0.05) is 11.1 Å². The Morgan fingerprint density at radius 2 is 1.84 bits per heavy atom. The van der Waals surface area contributed by atoms with Crippen molar-refractivity contribution in [2.75, 3.05) is 5.32 Å². The van der Waals surface area contributed by atoms with Crippen LogP contribution in [0.3, 0.4) is 0 Å². The van der Waals surface area contributed by atoms with Gasteiger partial charge >= 0.3 is 5.97 Å². The first-order chi connectivity index (χ1) is 12.0. The van der Waals surface area contributed by atoms with Crippen molar-refractivity contribution in [1.82, 2.24) is 5.16 Å². The molecule has 0 radical (unpaired) electrons. The summed E-state index contributed by atoms with van der Waals surface area (Å²) in [6, 6.07) is 13.4. The Morgan fingerprint density at radius 3 is 2.56 bits per heavy atom. The molecule has 0 fully saturated rings. The molecule has 25 heavy (non-hydrogen) atoms. The number of ether oxygens (including phenoxy) is 1. The zero-order chi connectivity index (χ0) is 18.0. The maximum atomic E-state index is 12.4. The standard InChI is InChI=1S/C19H18N2O4/c1-11-17(12(2)25-21-11)19(23)24-13(3)18(22)20-16-10-6-8-14-7-4-5-9-15(14)16/h4-10,13H,1-3H3,(H,20,22)/t13-/m1/s1. The Kier molecular flexibility index (Phi) is 4.52. The van der Waals surface area contributed by atoms with Gasteiger partial charge in [0.15, 0.2) is 6.10 Å². The van der Waals surface area contributed by atoms with Crippen LogP contribution in [-0.4, -0.2) is 23.1 Å². The maximum Gasteiger partial charge on any atom is 0.344 e. The predicted molar refractivity (Wildman–Crippen MR) is 93.4 cm³/mol. The second-order valence-electron chi connectivity index (χ2n) is 5.76. The van der Waals surface area contributed by atoms with Gasteiger partial charge in [-0.25, -0.2) is 4.79 Å². The fourth-order valence-electron chi connectivity index (χ4n) is 2.62. The quantitative estimate of drug-likeness (QED) is 0.735. The first kappa shape index (κ1) is 16.7. The molecule has 0 aliphatic carbocycles. The average Bonchev–Trinajstić information content (AvgIpc) is 2.93. The van der Waals surface area contributed by atoms with Gasteiger partial charge in [-0.1, -0.05) is 41.6 Å². The molecular weight excluding hydrogens is 320 g/mol. The summed E-state index contributed by atoms with van der Waals surface area (Å²) in [4.78, 5) is 24.6. The topological polar surface area (TPSA) is 81.4 Å². The van der Waals surface area contributed by atoms with E-state index in [1.54, 1.807) is 13.8 Å². The molecular formula is C19H18N2O4. The minimum Gasteiger partial charge on any atom is -0.449 e. The van der Waals surface area contributed by atoms with E-state index < -0.39 is 18.0 Å². The smallest absolute Gasteiger partial charge is 0.344 e. The lowest BCUT2D eigenvalue weighted by Crippen LogP contribution is -2.30. The summed E-state index contributed by atoms with van der Waals surface area (Å²) in [5, 5.41) is 8.46. The van der Waals surface area contributed by atoms with E-state index in [4.69, 9.17) is 9.26 Å². The lowest BCUT2D eigenvalue weighted by atomic mass is 10.1. The highest BCUT2D eigenvalue weighted by Gasteiger charge is 2.24. The van der Waals surface area contributed by atoms with Crippen LogP contribution in [0, 0.1) is 13.8 Å². The van der Waals surface area contributed by atoms with Gasteiger partial charge in [0.05, 0.1) is 5.69 Å². The lowest BCUT2D eigenvalue weighted by Gasteiger charge is -2.14. The van der Waals surface area contributed by atoms with Crippen LogP contribution in [0.15, 0.2) is 47.0 Å². The molecule has 6 nitrogen and oxygen atoms in total. The number of fused-ring (bicyclic) bond motifs is 1. The summed E-state index contributed by atoms with van der Waals surface area (Å²) in [6.07, 6.45) is -0.958. The minimum absolute atomic E-state index is 0.254. The highest BCUT2D eigenvalue weighted by molar-refractivity contribution is 6.04. The fourth-order valence-corrected chi connectivity index (χ4v) is 2.62. The molecule has 0 saturated carbocycles. The third-order valence-electron chi connectivity index (χ3n) is 3.94. The third kappa shape index (κ3) is 3.38. The summed E-state index contributed by atoms with van der Waals surface area (Å²) in [7, 11) is 0. The molecule has 0 bridgehead atoms. The number of nitrogens with zero attached hydrogens (tertiary/aromatic N) is 1. The van der Waals surface area contributed by atoms with Crippen molar-refractivity contribution in [1.29, 1.82) is 0 Å². The maximum absolute atomic E-state index is 12.4. The number of hydrogen-bond donors (Lipinski definition) is 1. The van der Waals surface area contributed by atoms with Gasteiger partial charge in [-0.3, -0.25) is 4.79 Å². The SMILES string of the molecule is Cc1noc(C)c1C(=O)O[C@H](C)C(=O)Nc1cccc2ccccc12. The van der Waals surface area contributed by atoms with Gasteiger partial charge in [-0.2, -0.15) is 0 Å². The van der Waals surface area contributed by atoms with Crippen molar-refractivity contribution in [3.05, 3.63) is 59.5 Å². The zero-order valence-electron chi connectivity index (χ0n) is 14.2. The normalized spacial score (nSPS) is 12.0. The number of anilines is 1. The van der Waals surface area contributed by atoms with Gasteiger partial charge in [-0.05, 0) is 32.2 Å². The van der Waals surface area contributed by atoms with E-state index in [0.29, 0.717) is 17.1 Å². The molecule has 2 aromatic carbocycles. The monoisotopic (exact) mass is 338 g/mol. The highest BCUT2D eigenvalue weighted by atomic mass is 16.5. The van der Waals surface area contributed by atoms with Gasteiger partial charge in [0.25, 0.3) is 5.91 Å². The number of nitrogens with one attached hydrogen (secondary N) is 1. The Labute approximate surface area is 144 Å². The molecule has 1 atom stereocenters. The van der Waals surface area contributed by atoms with E-state index in [1.807, 2.05) is 42.5 Å². The first-order valence-electron chi connectivity index (χ1n) is 7.90. The highest BCUT2D eigenvalue weighted by Crippen LogP contribution is 2.23. The summed E-state index contributed by atoms with van der Waals surface area (Å²) < 4.78 is 10.2. The summed E-state index contributed by atoms with van der Waals surface area (Å²) in [6.45, 7) is 4.79. The Morgan fingerprint density at radius 1 is 1.12 bits per heavy atom. The number of rotatable bonds is 4. The van der Waals surface area contributed by atoms with Gasteiger partial charge in [-0.15, -0.1) is 0 Å². The van der Waals surface area contributed by atoms with E-state index in [0.717, 1.165) is 10.8 Å². The largest absolute Gasteiger partial charge is 0.449 e. The van der Waals surface area contributed by atoms with Crippen LogP contribution in [-0.2, 0) is 9.53 Å². The minimum atomic E-state index is -0.958. The number of esters is 1. The van der Waals surface area contributed by atoms with Crippen molar-refractivity contribution in [3.8, 4) is 0 Å². The van der Waals surface area contributed by atoms with Crippen molar-refractivity contribution in [3.63, 3.8) is 0 Å². The first-order valence-corrected chi connectivity index (χ1v) is 7.90. The van der Waals surface area contributed by atoms with E-state index >= 15 is 0 Å². The average molecular weight is 338 g/mol. The molecule has 1 heterocycles. The molecule has 1 amide bonds. The second kappa shape index (κ2) is 6.76. The van der Waals surface area contributed by atoms with Crippen LogP contribution >= 0.6 is 0 Å². The Bertz CT molecular complexity index is 921. The molecule has 6 heteroatoms. The molecule has 0 spiro atoms. The zero-order valence-corrected chi connectivity index (χ0v) is 14.2. The molecule has 3 rings (SSSR count). The van der Waals surface area contributed by atoms with Crippen LogP contribution in [0.5, 0.6) is 0 Å². The summed E-state index contributed by atoms with van der Waals surface area (Å²) in [5.74, 6) is -0.669. The van der Waals surface area contributed by atoms with Crippen molar-refractivity contribution in [2.45, 2.75) is 26.9 Å². The Balaban J connectivity index is 1.73. The number of benzene rings is 2. The van der Waals surface area contributed by atoms with E-state index in [9.17, 15) is 9.59 Å². The van der Waals surface area contributed by atoms with Gasteiger partial charge in [0.1, 0.15) is 11.3 Å². The number of aryl methyl sites for hydroxylation is 2. The number of carbonyl (C=O) groups is 2. The molecule has 1 N–H and O–H groups in total. The summed E-state index contributed by atoms with van der Waals surface area (Å²) >= 11 is 0. The molecule has 3 aromatic rings. The van der Waals surface area contributed by atoms with Crippen LogP contribution < -0.4 is 5.32 Å². The van der Waals surface area contributed by atoms with Crippen LogP contribution in [0.25, 0.3) is 10.8 Å². The predicted octanol–water partition coefficient (Wildman–Crippen LogP) is 3.63. The third-order valence-corrected chi connectivity index (χ3v) is 3.94. The van der Waals surface area contributed by atoms with E-state index in [2.05, 4.69) is 10.5 Å². The number of carbonyl (C=O) groups excluding carboxylic acids is 2. The number of hydrogen-bond acceptors (Lipinski definition) is 5. The summed E-state index contributed by atoms with van der Waals surface area (Å²) in [5.41, 5.74) is 1.36. The molecule has 0 saturated heterocycles. The van der Waals surface area contributed by atoms with Crippen molar-refractivity contribution < 1.29 is 18.8 Å². The van der Waals surface area contributed by atoms with E-state index in [1.165, 1.54) is 6.92 Å². The molecule has 0 unspecified atom stereocenters. The van der Waals surface area contributed by atoms with Crippen molar-refractivity contribution >= 4 is 28.3 Å². The van der Waals surface area contributed by atoms with Gasteiger partial charge in [0.2, 0.25) is 0 Å². The number of aromatic nitrogens is 1. The fraction of sp³-hybridized carbons (Fsp3) is 0.211. The second-order valence-corrected chi connectivity index (χ2v) is 5.76. The van der Waals surface area contributed by atoms with Crippen LogP contribution in [0.2, 0.25) is 0 Å². The van der Waals surface area contributed by atoms with Gasteiger partial charge < -0.3 is 14.6 Å². The van der Waals surface area contributed by atoms with Crippen molar-refractivity contribution in [2.24, 2.45) is 0 Å². The number of amides is 1. The van der Waals surface area contributed by atoms with Crippen LogP contribution in [0.4, 0.5) is 5.69 Å². The molecule has 0 aliphatic heterocycles. The van der Waals surface area contributed by atoms with E-state index in [-0.39, 0.29) is 5.56 Å². The Hall–Kier alpha value is -3.15. The molecule has 128 valence electrons.